The third-order valence-electron chi connectivity index (χ3n) is 4.17. The van der Waals surface area contributed by atoms with Crippen LogP contribution in [-0.2, 0) is 19.6 Å². The van der Waals surface area contributed by atoms with Crippen LogP contribution in [0.4, 0.5) is 0 Å². The molecule has 0 bridgehead atoms. The van der Waals surface area contributed by atoms with E-state index in [1.54, 1.807) is 20.4 Å². The topological polar surface area (TPSA) is 63.5 Å². The van der Waals surface area contributed by atoms with Crippen molar-refractivity contribution in [2.45, 2.75) is 19.6 Å². The maximum absolute atomic E-state index is 5.26. The van der Waals surface area contributed by atoms with Crippen molar-refractivity contribution in [3.63, 3.8) is 0 Å². The van der Waals surface area contributed by atoms with E-state index in [4.69, 9.17) is 4.74 Å². The van der Waals surface area contributed by atoms with Crippen LogP contribution in [0.2, 0.25) is 0 Å². The summed E-state index contributed by atoms with van der Waals surface area (Å²) in [5.41, 5.74) is 3.56. The molecule has 0 aliphatic rings. The number of benzene rings is 2. The van der Waals surface area contributed by atoms with Crippen molar-refractivity contribution in [1.82, 2.24) is 20.4 Å². The summed E-state index contributed by atoms with van der Waals surface area (Å²) in [7, 11) is 3.45. The van der Waals surface area contributed by atoms with Crippen LogP contribution >= 0.6 is 0 Å². The Morgan fingerprint density at radius 1 is 1.00 bits per heavy atom. The van der Waals surface area contributed by atoms with Crippen molar-refractivity contribution in [3.05, 3.63) is 83.7 Å². The minimum Gasteiger partial charge on any atom is -0.497 e. The molecular weight excluding hydrogens is 338 g/mol. The zero-order chi connectivity index (χ0) is 18.9. The van der Waals surface area contributed by atoms with Crippen molar-refractivity contribution in [1.29, 1.82) is 0 Å². The van der Waals surface area contributed by atoms with Gasteiger partial charge in [-0.15, -0.1) is 0 Å². The molecule has 1 heterocycles. The number of guanidine groups is 1. The van der Waals surface area contributed by atoms with Gasteiger partial charge in [-0.3, -0.25) is 9.67 Å². The van der Waals surface area contributed by atoms with Gasteiger partial charge in [0, 0.05) is 32.5 Å². The standard InChI is InChI=1S/C21H25N5O/c1-22-21(24-15-18-7-4-9-20(13-18)27-2)23-14-17-6-3-8-19(12-17)16-26-11-5-10-25-26/h3-13H,14-16H2,1-2H3,(H2,22,23,24). The van der Waals surface area contributed by atoms with Gasteiger partial charge in [-0.25, -0.2) is 0 Å². The van der Waals surface area contributed by atoms with Crippen LogP contribution in [0.5, 0.6) is 5.75 Å². The maximum atomic E-state index is 5.26. The Hall–Kier alpha value is -3.28. The molecule has 140 valence electrons. The molecule has 6 heteroatoms. The Morgan fingerprint density at radius 3 is 2.37 bits per heavy atom. The van der Waals surface area contributed by atoms with Crippen molar-refractivity contribution < 1.29 is 4.74 Å². The van der Waals surface area contributed by atoms with Crippen molar-refractivity contribution in [3.8, 4) is 5.75 Å². The molecule has 0 aliphatic carbocycles. The number of nitrogens with zero attached hydrogens (tertiary/aromatic N) is 3. The minimum absolute atomic E-state index is 0.677. The summed E-state index contributed by atoms with van der Waals surface area (Å²) in [5.74, 6) is 1.61. The molecule has 0 amide bonds. The second kappa shape index (κ2) is 9.43. The van der Waals surface area contributed by atoms with Gasteiger partial charge in [-0.2, -0.15) is 5.10 Å². The van der Waals surface area contributed by atoms with Crippen LogP contribution < -0.4 is 15.4 Å². The molecule has 0 saturated carbocycles. The first-order chi connectivity index (χ1) is 13.3. The molecule has 3 rings (SSSR count). The highest BCUT2D eigenvalue weighted by molar-refractivity contribution is 5.79. The van der Waals surface area contributed by atoms with E-state index in [1.165, 1.54) is 11.1 Å². The largest absolute Gasteiger partial charge is 0.497 e. The smallest absolute Gasteiger partial charge is 0.191 e. The van der Waals surface area contributed by atoms with E-state index < -0.39 is 0 Å². The Kier molecular flexibility index (Phi) is 6.46. The number of rotatable bonds is 7. The molecule has 0 radical (unpaired) electrons. The Balaban J connectivity index is 1.53. The second-order valence-corrected chi connectivity index (χ2v) is 6.15. The zero-order valence-electron chi connectivity index (χ0n) is 15.7. The molecule has 3 aromatic rings. The van der Waals surface area contributed by atoms with Gasteiger partial charge >= 0.3 is 0 Å². The SMILES string of the molecule is CN=C(NCc1cccc(Cn2cccn2)c1)NCc1cccc(OC)c1. The van der Waals surface area contributed by atoms with Crippen LogP contribution in [0.3, 0.4) is 0 Å². The summed E-state index contributed by atoms with van der Waals surface area (Å²) in [5, 5.41) is 10.9. The first-order valence-electron chi connectivity index (χ1n) is 8.89. The van der Waals surface area contributed by atoms with Gasteiger partial charge in [0.15, 0.2) is 5.96 Å². The van der Waals surface area contributed by atoms with E-state index in [0.29, 0.717) is 13.1 Å². The summed E-state index contributed by atoms with van der Waals surface area (Å²) >= 11 is 0. The van der Waals surface area contributed by atoms with Crippen LogP contribution in [0.1, 0.15) is 16.7 Å². The summed E-state index contributed by atoms with van der Waals surface area (Å²) < 4.78 is 7.18. The third-order valence-corrected chi connectivity index (χ3v) is 4.17. The van der Waals surface area contributed by atoms with Crippen molar-refractivity contribution in [2.24, 2.45) is 4.99 Å². The fourth-order valence-corrected chi connectivity index (χ4v) is 2.79. The molecule has 2 aromatic carbocycles. The molecule has 0 spiro atoms. The molecule has 0 saturated heterocycles. The molecule has 6 nitrogen and oxygen atoms in total. The molecule has 0 aliphatic heterocycles. The quantitative estimate of drug-likeness (QED) is 0.500. The lowest BCUT2D eigenvalue weighted by Gasteiger charge is -2.13. The highest BCUT2D eigenvalue weighted by Crippen LogP contribution is 2.12. The van der Waals surface area contributed by atoms with Gasteiger partial charge in [-0.1, -0.05) is 36.4 Å². The number of ether oxygens (including phenoxy) is 1. The number of methoxy groups -OCH3 is 1. The van der Waals surface area contributed by atoms with E-state index in [9.17, 15) is 0 Å². The van der Waals surface area contributed by atoms with Gasteiger partial charge in [0.1, 0.15) is 5.75 Å². The summed E-state index contributed by atoms with van der Waals surface area (Å²) in [4.78, 5) is 4.29. The van der Waals surface area contributed by atoms with Gasteiger partial charge in [0.05, 0.1) is 13.7 Å². The average molecular weight is 363 g/mol. The molecule has 1 aromatic heterocycles. The average Bonchev–Trinajstić information content (AvgIpc) is 3.21. The van der Waals surface area contributed by atoms with Crippen LogP contribution in [0.15, 0.2) is 72.0 Å². The lowest BCUT2D eigenvalue weighted by molar-refractivity contribution is 0.414. The summed E-state index contributed by atoms with van der Waals surface area (Å²) in [6, 6.07) is 18.4. The van der Waals surface area contributed by atoms with Gasteiger partial charge in [0.25, 0.3) is 0 Å². The van der Waals surface area contributed by atoms with E-state index >= 15 is 0 Å². The summed E-state index contributed by atoms with van der Waals surface area (Å²) in [6.07, 6.45) is 3.76. The first kappa shape index (κ1) is 18.5. The first-order valence-corrected chi connectivity index (χ1v) is 8.89. The second-order valence-electron chi connectivity index (χ2n) is 6.15. The van der Waals surface area contributed by atoms with Crippen LogP contribution in [0.25, 0.3) is 0 Å². The fourth-order valence-electron chi connectivity index (χ4n) is 2.79. The van der Waals surface area contributed by atoms with Crippen molar-refractivity contribution >= 4 is 5.96 Å². The number of hydrogen-bond donors (Lipinski definition) is 2. The number of aromatic nitrogens is 2. The highest BCUT2D eigenvalue weighted by atomic mass is 16.5. The molecule has 0 unspecified atom stereocenters. The lowest BCUT2D eigenvalue weighted by atomic mass is 10.1. The van der Waals surface area contributed by atoms with Gasteiger partial charge < -0.3 is 15.4 Å². The molecular formula is C21H25N5O. The van der Waals surface area contributed by atoms with E-state index in [1.807, 2.05) is 35.1 Å². The van der Waals surface area contributed by atoms with Gasteiger partial charge in [0.2, 0.25) is 0 Å². The number of aliphatic imine (C=N–C) groups is 1. The predicted molar refractivity (Wildman–Crippen MR) is 108 cm³/mol. The predicted octanol–water partition coefficient (Wildman–Crippen LogP) is 2.81. The Morgan fingerprint density at radius 2 is 1.70 bits per heavy atom. The molecule has 0 atom stereocenters. The molecule has 2 N–H and O–H groups in total. The zero-order valence-corrected chi connectivity index (χ0v) is 15.7. The fraction of sp³-hybridized carbons (Fsp3) is 0.238. The van der Waals surface area contributed by atoms with E-state index in [0.717, 1.165) is 23.8 Å². The maximum Gasteiger partial charge on any atom is 0.191 e. The Labute approximate surface area is 159 Å². The Bertz CT molecular complexity index is 874. The van der Waals surface area contributed by atoms with Crippen LogP contribution in [-0.4, -0.2) is 29.9 Å². The third kappa shape index (κ3) is 5.60. The monoisotopic (exact) mass is 363 g/mol. The summed E-state index contributed by atoms with van der Waals surface area (Å²) in [6.45, 7) is 2.14. The lowest BCUT2D eigenvalue weighted by Crippen LogP contribution is -2.36. The highest BCUT2D eigenvalue weighted by Gasteiger charge is 2.02. The van der Waals surface area contributed by atoms with Crippen molar-refractivity contribution in [2.75, 3.05) is 14.2 Å². The minimum atomic E-state index is 0.677. The molecule has 27 heavy (non-hydrogen) atoms. The molecule has 0 fully saturated rings. The normalized spacial score (nSPS) is 11.3. The number of nitrogens with one attached hydrogen (secondary N) is 2. The van der Waals surface area contributed by atoms with Crippen LogP contribution in [0, 0.1) is 0 Å². The van der Waals surface area contributed by atoms with Gasteiger partial charge in [-0.05, 0) is 34.9 Å². The van der Waals surface area contributed by atoms with E-state index in [2.05, 4.69) is 51.1 Å². The van der Waals surface area contributed by atoms with E-state index in [-0.39, 0.29) is 0 Å². The number of hydrogen-bond acceptors (Lipinski definition) is 3.